The van der Waals surface area contributed by atoms with Gasteiger partial charge in [-0.3, -0.25) is 4.79 Å². The molecule has 0 bridgehead atoms. The van der Waals surface area contributed by atoms with Crippen molar-refractivity contribution in [2.24, 2.45) is 7.05 Å². The summed E-state index contributed by atoms with van der Waals surface area (Å²) in [5, 5.41) is 9.42. The Morgan fingerprint density at radius 2 is 1.73 bits per heavy atom. The van der Waals surface area contributed by atoms with Crippen molar-refractivity contribution in [2.45, 2.75) is 13.2 Å². The highest BCUT2D eigenvalue weighted by molar-refractivity contribution is 5.94. The van der Waals surface area contributed by atoms with Gasteiger partial charge in [0.25, 0.3) is 0 Å². The minimum absolute atomic E-state index is 0.0280. The van der Waals surface area contributed by atoms with E-state index in [1.165, 1.54) is 0 Å². The topological polar surface area (TPSA) is 91.5 Å². The van der Waals surface area contributed by atoms with Gasteiger partial charge in [0.1, 0.15) is 18.1 Å². The fraction of sp³-hybridized carbons (Fsp3) is 0.226. The lowest BCUT2D eigenvalue weighted by atomic mass is 10.1. The molecule has 202 valence electrons. The maximum absolute atomic E-state index is 13.1. The van der Waals surface area contributed by atoms with Crippen molar-refractivity contribution in [3.63, 3.8) is 0 Å². The molecule has 6 rings (SSSR count). The van der Waals surface area contributed by atoms with E-state index in [1.807, 2.05) is 80.0 Å². The monoisotopic (exact) mass is 535 g/mol. The summed E-state index contributed by atoms with van der Waals surface area (Å²) in [6.07, 6.45) is 1.86. The van der Waals surface area contributed by atoms with Gasteiger partial charge in [-0.25, -0.2) is 9.48 Å². The van der Waals surface area contributed by atoms with E-state index in [1.54, 1.807) is 16.8 Å². The van der Waals surface area contributed by atoms with Crippen molar-refractivity contribution < 1.29 is 14.3 Å². The summed E-state index contributed by atoms with van der Waals surface area (Å²) in [5.74, 6) is 0.481. The van der Waals surface area contributed by atoms with E-state index in [0.717, 1.165) is 41.1 Å². The summed E-state index contributed by atoms with van der Waals surface area (Å²) in [6, 6.07) is 24.3. The Kier molecular flexibility index (Phi) is 7.11. The van der Waals surface area contributed by atoms with E-state index in [4.69, 9.17) is 9.47 Å². The zero-order valence-corrected chi connectivity index (χ0v) is 22.2. The largest absolute Gasteiger partial charge is 0.457 e. The van der Waals surface area contributed by atoms with E-state index in [-0.39, 0.29) is 18.0 Å². The second kappa shape index (κ2) is 11.2. The Morgan fingerprint density at radius 3 is 2.55 bits per heavy atom. The molecule has 2 aromatic heterocycles. The number of aromatic nitrogens is 4. The standard InChI is InChI=1S/C31H29N5O4/c1-34-29(35-13-15-39-16-14-35)18-28(37)26-12-6-11-25(30(26)34)27-20-36(33-32-27)19-23-9-5-10-24(17-23)31(38)40-21-22-7-3-2-4-8-22/h2-12,17-18,20H,13-16,19,21H2,1H3. The maximum Gasteiger partial charge on any atom is 0.338 e. The molecule has 3 heterocycles. The van der Waals surface area contributed by atoms with Crippen LogP contribution in [0.1, 0.15) is 21.5 Å². The van der Waals surface area contributed by atoms with Crippen LogP contribution in [0.5, 0.6) is 0 Å². The molecule has 5 aromatic rings. The minimum Gasteiger partial charge on any atom is -0.457 e. The molecular weight excluding hydrogens is 506 g/mol. The lowest BCUT2D eigenvalue weighted by Gasteiger charge is -2.31. The average Bonchev–Trinajstić information content (AvgIpc) is 3.46. The second-order valence-electron chi connectivity index (χ2n) is 9.79. The zero-order chi connectivity index (χ0) is 27.5. The van der Waals surface area contributed by atoms with Gasteiger partial charge >= 0.3 is 5.97 Å². The molecule has 0 aliphatic carbocycles. The first kappa shape index (κ1) is 25.5. The molecule has 3 aromatic carbocycles. The van der Waals surface area contributed by atoms with Crippen LogP contribution in [0.15, 0.2) is 89.9 Å². The first-order valence-electron chi connectivity index (χ1n) is 13.2. The average molecular weight is 536 g/mol. The van der Waals surface area contributed by atoms with Crippen LogP contribution in [-0.2, 0) is 29.7 Å². The molecule has 0 saturated carbocycles. The van der Waals surface area contributed by atoms with Gasteiger partial charge < -0.3 is 18.9 Å². The molecule has 0 spiro atoms. The lowest BCUT2D eigenvalue weighted by molar-refractivity contribution is 0.0472. The Labute approximate surface area is 231 Å². The third kappa shape index (κ3) is 5.23. The number of esters is 1. The molecule has 0 atom stereocenters. The van der Waals surface area contributed by atoms with Crippen LogP contribution >= 0.6 is 0 Å². The molecule has 9 heteroatoms. The van der Waals surface area contributed by atoms with Gasteiger partial charge in [-0.1, -0.05) is 59.8 Å². The van der Waals surface area contributed by atoms with Crippen molar-refractivity contribution in [2.75, 3.05) is 31.2 Å². The number of fused-ring (bicyclic) bond motifs is 1. The molecule has 40 heavy (non-hydrogen) atoms. The number of carbonyl (C=O) groups excluding carboxylic acids is 1. The second-order valence-corrected chi connectivity index (χ2v) is 9.79. The van der Waals surface area contributed by atoms with Crippen molar-refractivity contribution in [3.05, 3.63) is 112 Å². The fourth-order valence-electron chi connectivity index (χ4n) is 5.10. The summed E-state index contributed by atoms with van der Waals surface area (Å²) in [6.45, 7) is 3.38. The molecule has 1 aliphatic rings. The Hall–Kier alpha value is -4.76. The number of benzene rings is 3. The molecule has 9 nitrogen and oxygen atoms in total. The first-order chi connectivity index (χ1) is 19.6. The van der Waals surface area contributed by atoms with Crippen LogP contribution in [0.4, 0.5) is 5.82 Å². The highest BCUT2D eigenvalue weighted by Gasteiger charge is 2.19. The van der Waals surface area contributed by atoms with E-state index in [9.17, 15) is 9.59 Å². The Bertz CT molecular complexity index is 1720. The minimum atomic E-state index is -0.377. The van der Waals surface area contributed by atoms with Crippen molar-refractivity contribution in [3.8, 4) is 11.3 Å². The predicted octanol–water partition coefficient (Wildman–Crippen LogP) is 4.04. The van der Waals surface area contributed by atoms with Gasteiger partial charge in [-0.05, 0) is 29.3 Å². The zero-order valence-electron chi connectivity index (χ0n) is 22.2. The van der Waals surface area contributed by atoms with E-state index >= 15 is 0 Å². The number of morpholine rings is 1. The van der Waals surface area contributed by atoms with Gasteiger partial charge in [0.15, 0.2) is 5.43 Å². The van der Waals surface area contributed by atoms with Crippen LogP contribution in [0.25, 0.3) is 22.2 Å². The maximum atomic E-state index is 13.1. The molecule has 0 unspecified atom stereocenters. The SMILES string of the molecule is Cn1c(N2CCOCC2)cc(=O)c2cccc(-c3cn(Cc4cccc(C(=O)OCc5ccccc5)c4)nn3)c21. The number of para-hydroxylation sites is 1. The van der Waals surface area contributed by atoms with Crippen LogP contribution in [-0.4, -0.2) is 51.8 Å². The number of hydrogen-bond acceptors (Lipinski definition) is 7. The molecule has 0 radical (unpaired) electrons. The van der Waals surface area contributed by atoms with Crippen molar-refractivity contribution in [1.29, 1.82) is 0 Å². The number of anilines is 1. The fourth-order valence-corrected chi connectivity index (χ4v) is 5.10. The molecule has 1 fully saturated rings. The van der Waals surface area contributed by atoms with Gasteiger partial charge in [0.05, 0.1) is 37.0 Å². The number of hydrogen-bond donors (Lipinski definition) is 0. The molecule has 0 amide bonds. The molecule has 0 N–H and O–H groups in total. The Balaban J connectivity index is 1.25. The van der Waals surface area contributed by atoms with Crippen molar-refractivity contribution >= 4 is 22.7 Å². The lowest BCUT2D eigenvalue weighted by Crippen LogP contribution is -2.38. The summed E-state index contributed by atoms with van der Waals surface area (Å²) in [4.78, 5) is 27.9. The first-order valence-corrected chi connectivity index (χ1v) is 13.2. The third-order valence-electron chi connectivity index (χ3n) is 7.11. The van der Waals surface area contributed by atoms with Crippen LogP contribution in [0.3, 0.4) is 0 Å². The van der Waals surface area contributed by atoms with E-state index in [2.05, 4.69) is 19.8 Å². The third-order valence-corrected chi connectivity index (χ3v) is 7.11. The number of carbonyl (C=O) groups is 1. The van der Waals surface area contributed by atoms with Crippen LogP contribution < -0.4 is 10.3 Å². The Morgan fingerprint density at radius 1 is 0.950 bits per heavy atom. The molecule has 1 aliphatic heterocycles. The normalized spacial score (nSPS) is 13.5. The van der Waals surface area contributed by atoms with Gasteiger partial charge in [-0.2, -0.15) is 0 Å². The highest BCUT2D eigenvalue weighted by Crippen LogP contribution is 2.28. The highest BCUT2D eigenvalue weighted by atomic mass is 16.5. The summed E-state index contributed by atoms with van der Waals surface area (Å²) in [5.41, 5.74) is 4.59. The quantitative estimate of drug-likeness (QED) is 0.291. The van der Waals surface area contributed by atoms with Crippen LogP contribution in [0.2, 0.25) is 0 Å². The van der Waals surface area contributed by atoms with Gasteiger partial charge in [-0.15, -0.1) is 5.10 Å². The summed E-state index contributed by atoms with van der Waals surface area (Å²) in [7, 11) is 1.98. The predicted molar refractivity (Wildman–Crippen MR) is 152 cm³/mol. The molecule has 1 saturated heterocycles. The van der Waals surface area contributed by atoms with Crippen LogP contribution in [0, 0.1) is 0 Å². The van der Waals surface area contributed by atoms with Gasteiger partial charge in [0.2, 0.25) is 0 Å². The number of aryl methyl sites for hydroxylation is 1. The molecular formula is C31H29N5O4. The number of rotatable bonds is 7. The smallest absolute Gasteiger partial charge is 0.338 e. The van der Waals surface area contributed by atoms with Crippen molar-refractivity contribution in [1.82, 2.24) is 19.6 Å². The summed E-state index contributed by atoms with van der Waals surface area (Å²) < 4.78 is 14.8. The van der Waals surface area contributed by atoms with E-state index < -0.39 is 0 Å². The summed E-state index contributed by atoms with van der Waals surface area (Å²) >= 11 is 0. The number of pyridine rings is 1. The van der Waals surface area contributed by atoms with E-state index in [0.29, 0.717) is 36.4 Å². The number of ether oxygens (including phenoxy) is 2. The number of nitrogens with zero attached hydrogens (tertiary/aromatic N) is 5. The van der Waals surface area contributed by atoms with Gasteiger partial charge in [0, 0.05) is 37.2 Å².